The van der Waals surface area contributed by atoms with Gasteiger partial charge in [-0.1, -0.05) is 0 Å². The van der Waals surface area contributed by atoms with Gasteiger partial charge in [0.1, 0.15) is 0 Å². The molecule has 1 N–H and O–H groups in total. The van der Waals surface area contributed by atoms with Crippen molar-refractivity contribution in [3.63, 3.8) is 0 Å². The zero-order chi connectivity index (χ0) is 9.97. The highest BCUT2D eigenvalue weighted by molar-refractivity contribution is 14.1. The van der Waals surface area contributed by atoms with Crippen molar-refractivity contribution in [2.45, 2.75) is 18.9 Å². The average Bonchev–Trinajstić information content (AvgIpc) is 2.19. The van der Waals surface area contributed by atoms with Crippen molar-refractivity contribution in [3.8, 4) is 0 Å². The van der Waals surface area contributed by atoms with E-state index in [4.69, 9.17) is 0 Å². The molecule has 0 spiro atoms. The molecule has 1 aliphatic heterocycles. The number of β-amino-alcohol motifs (C(OH)–C–C–N with tert-alkyl or cyclic N) is 1. The van der Waals surface area contributed by atoms with Crippen LogP contribution in [-0.2, 0) is 0 Å². The minimum Gasteiger partial charge on any atom is -0.391 e. The maximum atomic E-state index is 9.50. The molecule has 0 bridgehead atoms. The molecule has 0 saturated carbocycles. The van der Waals surface area contributed by atoms with Crippen molar-refractivity contribution >= 4 is 28.5 Å². The number of aliphatic hydroxyl groups excluding tert-OH is 1. The first-order valence-electron chi connectivity index (χ1n) is 4.66. The molecule has 2 heterocycles. The van der Waals surface area contributed by atoms with E-state index in [1.165, 1.54) is 0 Å². The Kier molecular flexibility index (Phi) is 3.17. The maximum absolute atomic E-state index is 9.50. The van der Waals surface area contributed by atoms with Gasteiger partial charge in [0.15, 0.2) is 0 Å². The monoisotopic (exact) mass is 305 g/mol. The zero-order valence-corrected chi connectivity index (χ0v) is 9.88. The predicted octanol–water partition coefficient (Wildman–Crippen LogP) is 1.04. The molecule has 1 saturated heterocycles. The predicted molar refractivity (Wildman–Crippen MR) is 62.2 cm³/mol. The van der Waals surface area contributed by atoms with Gasteiger partial charge in [0, 0.05) is 29.1 Å². The molecule has 0 amide bonds. The van der Waals surface area contributed by atoms with Crippen molar-refractivity contribution in [2.75, 3.05) is 18.0 Å². The third-order valence-electron chi connectivity index (χ3n) is 2.29. The third kappa shape index (κ3) is 2.33. The van der Waals surface area contributed by atoms with Gasteiger partial charge in [0.25, 0.3) is 0 Å². The summed E-state index contributed by atoms with van der Waals surface area (Å²) in [5.74, 6) is 0.726. The number of hydrogen-bond acceptors (Lipinski definition) is 4. The highest BCUT2D eigenvalue weighted by atomic mass is 127. The van der Waals surface area contributed by atoms with Gasteiger partial charge >= 0.3 is 0 Å². The Morgan fingerprint density at radius 2 is 2.14 bits per heavy atom. The van der Waals surface area contributed by atoms with Gasteiger partial charge in [0.2, 0.25) is 5.95 Å². The number of halogens is 1. The SMILES string of the molecule is O[C@H]1CCCN(c2ncc(I)cn2)C1. The molecule has 1 aromatic rings. The molecule has 4 nitrogen and oxygen atoms in total. The molecule has 1 atom stereocenters. The van der Waals surface area contributed by atoms with Crippen LogP contribution < -0.4 is 4.90 Å². The summed E-state index contributed by atoms with van der Waals surface area (Å²) in [6.07, 6.45) is 5.26. The summed E-state index contributed by atoms with van der Waals surface area (Å²) in [5, 5.41) is 9.50. The Balaban J connectivity index is 2.10. The van der Waals surface area contributed by atoms with E-state index >= 15 is 0 Å². The normalized spacial score (nSPS) is 22.4. The molecule has 0 radical (unpaired) electrons. The summed E-state index contributed by atoms with van der Waals surface area (Å²) >= 11 is 2.18. The van der Waals surface area contributed by atoms with Crippen LogP contribution in [-0.4, -0.2) is 34.3 Å². The fraction of sp³-hybridized carbons (Fsp3) is 0.556. The van der Waals surface area contributed by atoms with Gasteiger partial charge in [-0.25, -0.2) is 9.97 Å². The summed E-state index contributed by atoms with van der Waals surface area (Å²) in [5.41, 5.74) is 0. The van der Waals surface area contributed by atoms with Crippen molar-refractivity contribution in [1.82, 2.24) is 9.97 Å². The van der Waals surface area contributed by atoms with E-state index in [0.717, 1.165) is 28.9 Å². The van der Waals surface area contributed by atoms with E-state index in [0.29, 0.717) is 6.54 Å². The van der Waals surface area contributed by atoms with E-state index in [9.17, 15) is 5.11 Å². The molecule has 2 rings (SSSR count). The topological polar surface area (TPSA) is 49.2 Å². The average molecular weight is 305 g/mol. The van der Waals surface area contributed by atoms with Crippen LogP contribution in [0.1, 0.15) is 12.8 Å². The smallest absolute Gasteiger partial charge is 0.225 e. The third-order valence-corrected chi connectivity index (χ3v) is 2.84. The van der Waals surface area contributed by atoms with Crippen LogP contribution in [0.5, 0.6) is 0 Å². The van der Waals surface area contributed by atoms with Crippen LogP contribution in [0.3, 0.4) is 0 Å². The van der Waals surface area contributed by atoms with E-state index in [1.54, 1.807) is 12.4 Å². The second-order valence-electron chi connectivity index (χ2n) is 3.44. The molecule has 0 unspecified atom stereocenters. The molecule has 1 aromatic heterocycles. The van der Waals surface area contributed by atoms with E-state index in [1.807, 2.05) is 4.90 Å². The Bertz CT molecular complexity index is 303. The molecular formula is C9H12IN3O. The molecule has 0 aliphatic carbocycles. The van der Waals surface area contributed by atoms with Crippen LogP contribution in [0.4, 0.5) is 5.95 Å². The number of anilines is 1. The van der Waals surface area contributed by atoms with Crippen LogP contribution in [0.2, 0.25) is 0 Å². The fourth-order valence-corrected chi connectivity index (χ4v) is 1.88. The van der Waals surface area contributed by atoms with Gasteiger partial charge in [0.05, 0.1) is 6.10 Å². The Labute approximate surface area is 96.5 Å². The standard InChI is InChI=1S/C9H12IN3O/c10-7-4-11-9(12-5-7)13-3-1-2-8(14)6-13/h4-5,8,14H,1-3,6H2/t8-/m0/s1. The van der Waals surface area contributed by atoms with E-state index in [2.05, 4.69) is 32.6 Å². The molecule has 76 valence electrons. The second kappa shape index (κ2) is 4.39. The summed E-state index contributed by atoms with van der Waals surface area (Å²) < 4.78 is 1.03. The summed E-state index contributed by atoms with van der Waals surface area (Å²) in [4.78, 5) is 10.5. The first kappa shape index (κ1) is 10.1. The summed E-state index contributed by atoms with van der Waals surface area (Å²) in [7, 11) is 0. The van der Waals surface area contributed by atoms with Gasteiger partial charge in [-0.3, -0.25) is 0 Å². The molecular weight excluding hydrogens is 293 g/mol. The fourth-order valence-electron chi connectivity index (χ4n) is 1.61. The summed E-state index contributed by atoms with van der Waals surface area (Å²) in [6.45, 7) is 1.60. The number of aromatic nitrogens is 2. The summed E-state index contributed by atoms with van der Waals surface area (Å²) in [6, 6.07) is 0. The Hall–Kier alpha value is -0.430. The lowest BCUT2D eigenvalue weighted by Gasteiger charge is -2.29. The van der Waals surface area contributed by atoms with Crippen molar-refractivity contribution in [1.29, 1.82) is 0 Å². The van der Waals surface area contributed by atoms with Crippen molar-refractivity contribution in [3.05, 3.63) is 16.0 Å². The minimum atomic E-state index is -0.230. The van der Waals surface area contributed by atoms with Crippen LogP contribution in [0.15, 0.2) is 12.4 Å². The second-order valence-corrected chi connectivity index (χ2v) is 4.69. The van der Waals surface area contributed by atoms with Crippen molar-refractivity contribution in [2.24, 2.45) is 0 Å². The highest BCUT2D eigenvalue weighted by Gasteiger charge is 2.19. The lowest BCUT2D eigenvalue weighted by molar-refractivity contribution is 0.153. The van der Waals surface area contributed by atoms with Crippen LogP contribution in [0.25, 0.3) is 0 Å². The number of piperidine rings is 1. The molecule has 14 heavy (non-hydrogen) atoms. The number of rotatable bonds is 1. The minimum absolute atomic E-state index is 0.230. The van der Waals surface area contributed by atoms with Gasteiger partial charge in [-0.2, -0.15) is 0 Å². The molecule has 1 aliphatic rings. The van der Waals surface area contributed by atoms with Crippen LogP contribution in [0, 0.1) is 3.57 Å². The lowest BCUT2D eigenvalue weighted by atomic mass is 10.1. The zero-order valence-electron chi connectivity index (χ0n) is 7.73. The highest BCUT2D eigenvalue weighted by Crippen LogP contribution is 2.15. The Morgan fingerprint density at radius 1 is 1.43 bits per heavy atom. The van der Waals surface area contributed by atoms with Gasteiger partial charge < -0.3 is 10.0 Å². The maximum Gasteiger partial charge on any atom is 0.225 e. The number of hydrogen-bond donors (Lipinski definition) is 1. The molecule has 5 heteroatoms. The van der Waals surface area contributed by atoms with Crippen molar-refractivity contribution < 1.29 is 5.11 Å². The lowest BCUT2D eigenvalue weighted by Crippen LogP contribution is -2.39. The largest absolute Gasteiger partial charge is 0.391 e. The molecule has 1 fully saturated rings. The quantitative estimate of drug-likeness (QED) is 0.788. The molecule has 0 aromatic carbocycles. The number of aliphatic hydroxyl groups is 1. The van der Waals surface area contributed by atoms with E-state index in [-0.39, 0.29) is 6.10 Å². The van der Waals surface area contributed by atoms with Crippen LogP contribution >= 0.6 is 22.6 Å². The first-order chi connectivity index (χ1) is 6.75. The van der Waals surface area contributed by atoms with E-state index < -0.39 is 0 Å². The van der Waals surface area contributed by atoms with Gasteiger partial charge in [-0.05, 0) is 35.4 Å². The Morgan fingerprint density at radius 3 is 2.79 bits per heavy atom. The van der Waals surface area contributed by atoms with Gasteiger partial charge in [-0.15, -0.1) is 0 Å². The number of nitrogens with zero attached hydrogens (tertiary/aromatic N) is 3. The first-order valence-corrected chi connectivity index (χ1v) is 5.74.